The van der Waals surface area contributed by atoms with Crippen LogP contribution in [-0.2, 0) is 4.74 Å². The van der Waals surface area contributed by atoms with Crippen LogP contribution in [-0.4, -0.2) is 55.2 Å². The number of amides is 1. The molecule has 2 rings (SSSR count). The molecule has 0 unspecified atom stereocenters. The number of nitrogens with one attached hydrogen (secondary N) is 1. The third-order valence-corrected chi connectivity index (χ3v) is 2.90. The van der Waals surface area contributed by atoms with Gasteiger partial charge in [-0.2, -0.15) is 0 Å². The van der Waals surface area contributed by atoms with Gasteiger partial charge in [-0.05, 0) is 19.2 Å². The Morgan fingerprint density at radius 1 is 1.72 bits per heavy atom. The van der Waals surface area contributed by atoms with Gasteiger partial charge < -0.3 is 20.7 Å². The van der Waals surface area contributed by atoms with E-state index in [1.807, 2.05) is 0 Å². The van der Waals surface area contributed by atoms with Gasteiger partial charge in [-0.1, -0.05) is 0 Å². The lowest BCUT2D eigenvalue weighted by molar-refractivity contribution is -0.0117. The van der Waals surface area contributed by atoms with Crippen molar-refractivity contribution in [2.45, 2.75) is 6.10 Å². The Balaban J connectivity index is 1.89. The Morgan fingerprint density at radius 3 is 3.28 bits per heavy atom. The highest BCUT2D eigenvalue weighted by atomic mass is 16.5. The van der Waals surface area contributed by atoms with Gasteiger partial charge >= 0.3 is 0 Å². The summed E-state index contributed by atoms with van der Waals surface area (Å²) in [5, 5.41) is 3.16. The second kappa shape index (κ2) is 5.79. The van der Waals surface area contributed by atoms with Gasteiger partial charge in [-0.25, -0.2) is 4.98 Å². The van der Waals surface area contributed by atoms with E-state index in [1.165, 1.54) is 0 Å². The number of pyridine rings is 1. The molecule has 1 atom stereocenters. The number of likely N-dealkylation sites (N-methyl/N-ethyl adjacent to an activating group) is 1. The Morgan fingerprint density at radius 2 is 2.56 bits per heavy atom. The van der Waals surface area contributed by atoms with Crippen molar-refractivity contribution in [2.24, 2.45) is 5.73 Å². The van der Waals surface area contributed by atoms with Crippen LogP contribution >= 0.6 is 0 Å². The highest BCUT2D eigenvalue weighted by Crippen LogP contribution is 2.08. The summed E-state index contributed by atoms with van der Waals surface area (Å²) in [6.07, 6.45) is 1.71. The molecule has 0 bridgehead atoms. The first-order chi connectivity index (χ1) is 8.65. The van der Waals surface area contributed by atoms with Crippen molar-refractivity contribution in [3.8, 4) is 0 Å². The minimum Gasteiger partial charge on any atom is -0.374 e. The van der Waals surface area contributed by atoms with Gasteiger partial charge in [0.15, 0.2) is 0 Å². The monoisotopic (exact) mass is 250 g/mol. The number of carbonyl (C=O) groups excluding carboxylic acids is 1. The number of nitrogens with zero attached hydrogens (tertiary/aromatic N) is 2. The van der Waals surface area contributed by atoms with E-state index in [0.29, 0.717) is 17.9 Å². The van der Waals surface area contributed by atoms with Crippen LogP contribution in [0.3, 0.4) is 0 Å². The van der Waals surface area contributed by atoms with Gasteiger partial charge in [-0.3, -0.25) is 4.79 Å². The molecule has 1 aliphatic rings. The zero-order valence-electron chi connectivity index (χ0n) is 10.4. The number of anilines is 1. The number of rotatable bonds is 4. The molecule has 1 saturated heterocycles. The molecule has 6 nitrogen and oxygen atoms in total. The lowest BCUT2D eigenvalue weighted by Gasteiger charge is -2.30. The summed E-state index contributed by atoms with van der Waals surface area (Å²) in [5.74, 6) is 0.192. The van der Waals surface area contributed by atoms with E-state index in [0.717, 1.165) is 19.7 Å². The van der Waals surface area contributed by atoms with Crippen LogP contribution < -0.4 is 11.1 Å². The molecule has 0 radical (unpaired) electrons. The molecule has 2 heterocycles. The molecule has 1 fully saturated rings. The third kappa shape index (κ3) is 3.41. The molecule has 0 spiro atoms. The second-order valence-electron chi connectivity index (χ2n) is 4.43. The topological polar surface area (TPSA) is 80.5 Å². The molecule has 0 saturated carbocycles. The first-order valence-electron chi connectivity index (χ1n) is 5.95. The largest absolute Gasteiger partial charge is 0.374 e. The van der Waals surface area contributed by atoms with Crippen molar-refractivity contribution in [3.63, 3.8) is 0 Å². The van der Waals surface area contributed by atoms with Gasteiger partial charge in [0.25, 0.3) is 0 Å². The van der Waals surface area contributed by atoms with Crippen LogP contribution in [0.15, 0.2) is 18.3 Å². The van der Waals surface area contributed by atoms with Gasteiger partial charge in [-0.15, -0.1) is 0 Å². The van der Waals surface area contributed by atoms with E-state index in [1.54, 1.807) is 18.3 Å². The maximum Gasteiger partial charge on any atom is 0.248 e. The first-order valence-corrected chi connectivity index (χ1v) is 5.95. The van der Waals surface area contributed by atoms with Crippen LogP contribution in [0.4, 0.5) is 5.82 Å². The van der Waals surface area contributed by atoms with Crippen LogP contribution in [0.5, 0.6) is 0 Å². The molecule has 1 aromatic rings. The van der Waals surface area contributed by atoms with Gasteiger partial charge in [0.1, 0.15) is 5.82 Å². The minimum absolute atomic E-state index is 0.141. The lowest BCUT2D eigenvalue weighted by Crippen LogP contribution is -2.43. The van der Waals surface area contributed by atoms with E-state index < -0.39 is 5.91 Å². The fourth-order valence-corrected chi connectivity index (χ4v) is 1.89. The third-order valence-electron chi connectivity index (χ3n) is 2.90. The molecular formula is C12H18N4O2. The van der Waals surface area contributed by atoms with Crippen molar-refractivity contribution >= 4 is 11.7 Å². The van der Waals surface area contributed by atoms with Crippen LogP contribution in [0, 0.1) is 0 Å². The molecule has 1 amide bonds. The Labute approximate surface area is 106 Å². The molecular weight excluding hydrogens is 232 g/mol. The maximum atomic E-state index is 11.0. The second-order valence-corrected chi connectivity index (χ2v) is 4.43. The summed E-state index contributed by atoms with van der Waals surface area (Å²) < 4.78 is 5.62. The van der Waals surface area contributed by atoms with E-state index in [9.17, 15) is 4.79 Å². The number of ether oxygens (including phenoxy) is 1. The molecule has 98 valence electrons. The summed E-state index contributed by atoms with van der Waals surface area (Å²) in [5.41, 5.74) is 5.67. The average molecular weight is 250 g/mol. The Hall–Kier alpha value is -1.66. The Kier molecular flexibility index (Phi) is 4.11. The summed E-state index contributed by atoms with van der Waals surface area (Å²) in [4.78, 5) is 17.4. The van der Waals surface area contributed by atoms with E-state index in [-0.39, 0.29) is 6.10 Å². The summed E-state index contributed by atoms with van der Waals surface area (Å²) in [6, 6.07) is 3.24. The number of hydrogen-bond donors (Lipinski definition) is 2. The number of morpholine rings is 1. The number of primary amides is 1. The molecule has 3 N–H and O–H groups in total. The summed E-state index contributed by atoms with van der Waals surface area (Å²) >= 11 is 0. The van der Waals surface area contributed by atoms with Gasteiger partial charge in [0.2, 0.25) is 5.91 Å². The fourth-order valence-electron chi connectivity index (χ4n) is 1.89. The highest BCUT2D eigenvalue weighted by molar-refractivity contribution is 5.93. The molecule has 0 aromatic carbocycles. The van der Waals surface area contributed by atoms with Crippen molar-refractivity contribution in [1.29, 1.82) is 0 Å². The predicted octanol–water partition coefficient (Wildman–Crippen LogP) is -0.0770. The van der Waals surface area contributed by atoms with E-state index in [2.05, 4.69) is 22.2 Å². The number of hydrogen-bond acceptors (Lipinski definition) is 5. The van der Waals surface area contributed by atoms with Crippen molar-refractivity contribution in [2.75, 3.05) is 38.6 Å². The SMILES string of the molecule is CN1CCO[C@H](CNc2cc(C(N)=O)ccn2)C1. The molecule has 1 aliphatic heterocycles. The fraction of sp³-hybridized carbons (Fsp3) is 0.500. The normalized spacial score (nSPS) is 20.6. The summed E-state index contributed by atoms with van der Waals surface area (Å²) in [7, 11) is 2.07. The molecule has 18 heavy (non-hydrogen) atoms. The Bertz CT molecular complexity index is 424. The van der Waals surface area contributed by atoms with Crippen molar-refractivity contribution < 1.29 is 9.53 Å². The van der Waals surface area contributed by atoms with Crippen molar-refractivity contribution in [1.82, 2.24) is 9.88 Å². The number of aromatic nitrogens is 1. The van der Waals surface area contributed by atoms with Gasteiger partial charge in [0, 0.05) is 31.4 Å². The van der Waals surface area contributed by atoms with E-state index >= 15 is 0 Å². The zero-order valence-corrected chi connectivity index (χ0v) is 10.4. The number of nitrogens with two attached hydrogens (primary N) is 1. The first kappa shape index (κ1) is 12.8. The van der Waals surface area contributed by atoms with Gasteiger partial charge in [0.05, 0.1) is 12.7 Å². The standard InChI is InChI=1S/C12H18N4O2/c1-16-4-5-18-10(8-16)7-15-11-6-9(12(13)17)2-3-14-11/h2-3,6,10H,4-5,7-8H2,1H3,(H2,13,17)(H,14,15)/t10-/m1/s1. The zero-order chi connectivity index (χ0) is 13.0. The molecule has 6 heteroatoms. The van der Waals surface area contributed by atoms with Crippen molar-refractivity contribution in [3.05, 3.63) is 23.9 Å². The van der Waals surface area contributed by atoms with Crippen LogP contribution in [0.2, 0.25) is 0 Å². The average Bonchev–Trinajstić information content (AvgIpc) is 2.37. The molecule has 0 aliphatic carbocycles. The molecule has 1 aromatic heterocycles. The minimum atomic E-state index is -0.450. The predicted molar refractivity (Wildman–Crippen MR) is 68.5 cm³/mol. The van der Waals surface area contributed by atoms with Crippen LogP contribution in [0.25, 0.3) is 0 Å². The maximum absolute atomic E-state index is 11.0. The lowest BCUT2D eigenvalue weighted by atomic mass is 10.2. The summed E-state index contributed by atoms with van der Waals surface area (Å²) in [6.45, 7) is 3.27. The number of carbonyl (C=O) groups is 1. The highest BCUT2D eigenvalue weighted by Gasteiger charge is 2.17. The smallest absolute Gasteiger partial charge is 0.248 e. The quantitative estimate of drug-likeness (QED) is 0.781. The van der Waals surface area contributed by atoms with E-state index in [4.69, 9.17) is 10.5 Å². The van der Waals surface area contributed by atoms with Crippen LogP contribution in [0.1, 0.15) is 10.4 Å².